The average molecular weight is 433 g/mol. The van der Waals surface area contributed by atoms with Gasteiger partial charge in [-0.3, -0.25) is 9.78 Å². The van der Waals surface area contributed by atoms with E-state index in [2.05, 4.69) is 20.6 Å². The average Bonchev–Trinajstić information content (AvgIpc) is 2.78. The van der Waals surface area contributed by atoms with E-state index in [1.807, 2.05) is 55.5 Å². The van der Waals surface area contributed by atoms with E-state index in [-0.39, 0.29) is 5.91 Å². The summed E-state index contributed by atoms with van der Waals surface area (Å²) in [5, 5.41) is 6.62. The summed E-state index contributed by atoms with van der Waals surface area (Å²) in [5.74, 6) is 0.503. The third-order valence-corrected chi connectivity index (χ3v) is 5.03. The molecule has 4 rings (SSSR count). The minimum absolute atomic E-state index is 0.262. The van der Waals surface area contributed by atoms with E-state index in [0.717, 1.165) is 22.6 Å². The molecule has 0 saturated carbocycles. The van der Waals surface area contributed by atoms with E-state index in [1.54, 1.807) is 25.4 Å². The number of fused-ring (bicyclic) bond motifs is 1. The SMILES string of the molecule is COc1ccc(CNC(=O)c2cnc3ccc(Cl)nc3c2Nc2cccc(C)c2)cc1. The van der Waals surface area contributed by atoms with Crippen molar-refractivity contribution in [3.8, 4) is 5.75 Å². The second kappa shape index (κ2) is 9.02. The third kappa shape index (κ3) is 4.75. The molecule has 2 heterocycles. The van der Waals surface area contributed by atoms with E-state index >= 15 is 0 Å². The van der Waals surface area contributed by atoms with E-state index < -0.39 is 0 Å². The van der Waals surface area contributed by atoms with Crippen molar-refractivity contribution in [2.75, 3.05) is 12.4 Å². The Labute approximate surface area is 185 Å². The minimum atomic E-state index is -0.262. The molecule has 0 spiro atoms. The number of hydrogen-bond donors (Lipinski definition) is 2. The number of aromatic nitrogens is 2. The molecule has 2 aromatic heterocycles. The second-order valence-electron chi connectivity index (χ2n) is 7.07. The highest BCUT2D eigenvalue weighted by Gasteiger charge is 2.17. The summed E-state index contributed by atoms with van der Waals surface area (Å²) in [4.78, 5) is 21.9. The van der Waals surface area contributed by atoms with E-state index in [4.69, 9.17) is 16.3 Å². The zero-order valence-corrected chi connectivity index (χ0v) is 17.9. The Morgan fingerprint density at radius 1 is 1.10 bits per heavy atom. The van der Waals surface area contributed by atoms with Gasteiger partial charge in [0.15, 0.2) is 0 Å². The summed E-state index contributed by atoms with van der Waals surface area (Å²) >= 11 is 6.14. The molecular weight excluding hydrogens is 412 g/mol. The summed E-state index contributed by atoms with van der Waals surface area (Å²) in [6.45, 7) is 2.38. The van der Waals surface area contributed by atoms with Gasteiger partial charge in [-0.25, -0.2) is 4.98 Å². The first-order valence-corrected chi connectivity index (χ1v) is 10.1. The number of amides is 1. The molecule has 4 aromatic rings. The van der Waals surface area contributed by atoms with Gasteiger partial charge in [0.1, 0.15) is 16.4 Å². The van der Waals surface area contributed by atoms with Crippen molar-refractivity contribution in [3.63, 3.8) is 0 Å². The number of halogens is 1. The molecule has 0 radical (unpaired) electrons. The van der Waals surface area contributed by atoms with Gasteiger partial charge in [0.05, 0.1) is 23.9 Å². The zero-order chi connectivity index (χ0) is 21.8. The normalized spacial score (nSPS) is 10.7. The molecule has 0 fully saturated rings. The van der Waals surface area contributed by atoms with E-state index in [0.29, 0.717) is 34.0 Å². The fourth-order valence-corrected chi connectivity index (χ4v) is 3.38. The van der Waals surface area contributed by atoms with Crippen molar-refractivity contribution in [1.29, 1.82) is 0 Å². The maximum absolute atomic E-state index is 13.1. The van der Waals surface area contributed by atoms with Gasteiger partial charge in [-0.15, -0.1) is 0 Å². The monoisotopic (exact) mass is 432 g/mol. The Morgan fingerprint density at radius 2 is 1.90 bits per heavy atom. The van der Waals surface area contributed by atoms with Crippen LogP contribution < -0.4 is 15.4 Å². The van der Waals surface area contributed by atoms with Crippen LogP contribution in [0, 0.1) is 6.92 Å². The Kier molecular flexibility index (Phi) is 6.00. The molecule has 7 heteroatoms. The molecule has 0 atom stereocenters. The molecule has 1 amide bonds. The van der Waals surface area contributed by atoms with Crippen LogP contribution in [0.25, 0.3) is 11.0 Å². The fraction of sp³-hybridized carbons (Fsp3) is 0.125. The van der Waals surface area contributed by atoms with Crippen molar-refractivity contribution in [2.24, 2.45) is 0 Å². The van der Waals surface area contributed by atoms with Crippen LogP contribution in [0.15, 0.2) is 66.9 Å². The first kappa shape index (κ1) is 20.6. The number of methoxy groups -OCH3 is 1. The maximum Gasteiger partial charge on any atom is 0.255 e. The molecule has 0 bridgehead atoms. The molecule has 0 aliphatic rings. The quantitative estimate of drug-likeness (QED) is 0.406. The highest BCUT2D eigenvalue weighted by atomic mass is 35.5. The van der Waals surface area contributed by atoms with Crippen LogP contribution in [0.3, 0.4) is 0 Å². The van der Waals surface area contributed by atoms with Gasteiger partial charge >= 0.3 is 0 Å². The lowest BCUT2D eigenvalue weighted by atomic mass is 10.1. The summed E-state index contributed by atoms with van der Waals surface area (Å²) in [6, 6.07) is 18.9. The van der Waals surface area contributed by atoms with Gasteiger partial charge < -0.3 is 15.4 Å². The predicted molar refractivity (Wildman–Crippen MR) is 123 cm³/mol. The fourth-order valence-electron chi connectivity index (χ4n) is 3.23. The summed E-state index contributed by atoms with van der Waals surface area (Å²) in [5.41, 5.74) is 5.02. The van der Waals surface area contributed by atoms with Crippen molar-refractivity contribution in [2.45, 2.75) is 13.5 Å². The maximum atomic E-state index is 13.1. The van der Waals surface area contributed by atoms with Crippen molar-refractivity contribution >= 4 is 39.9 Å². The number of rotatable bonds is 6. The molecule has 2 N–H and O–H groups in total. The van der Waals surface area contributed by atoms with Gasteiger partial charge in [0.2, 0.25) is 0 Å². The van der Waals surface area contributed by atoms with Crippen LogP contribution in [0.2, 0.25) is 5.15 Å². The van der Waals surface area contributed by atoms with Gasteiger partial charge in [0, 0.05) is 18.4 Å². The number of carbonyl (C=O) groups excluding carboxylic acids is 1. The van der Waals surface area contributed by atoms with Crippen LogP contribution >= 0.6 is 11.6 Å². The number of hydrogen-bond acceptors (Lipinski definition) is 5. The predicted octanol–water partition coefficient (Wildman–Crippen LogP) is 5.27. The molecule has 0 aliphatic carbocycles. The standard InChI is InChI=1S/C24H21ClN4O2/c1-15-4-3-5-17(12-15)28-22-19(14-26-20-10-11-21(25)29-23(20)22)24(30)27-13-16-6-8-18(31-2)9-7-16/h3-12,14H,13H2,1-2H3,(H,26,28)(H,27,30). The van der Waals surface area contributed by atoms with Crippen molar-refractivity contribution < 1.29 is 9.53 Å². The number of nitrogens with zero attached hydrogens (tertiary/aromatic N) is 2. The summed E-state index contributed by atoms with van der Waals surface area (Å²) < 4.78 is 5.17. The molecule has 6 nitrogen and oxygen atoms in total. The topological polar surface area (TPSA) is 76.1 Å². The number of nitrogens with one attached hydrogen (secondary N) is 2. The highest BCUT2D eigenvalue weighted by Crippen LogP contribution is 2.29. The first-order valence-electron chi connectivity index (χ1n) is 9.73. The van der Waals surface area contributed by atoms with Crippen LogP contribution in [0.1, 0.15) is 21.5 Å². The second-order valence-corrected chi connectivity index (χ2v) is 7.46. The lowest BCUT2D eigenvalue weighted by Gasteiger charge is -2.15. The largest absolute Gasteiger partial charge is 0.497 e. The molecule has 0 aliphatic heterocycles. The van der Waals surface area contributed by atoms with Crippen molar-refractivity contribution in [3.05, 3.63) is 88.7 Å². The molecule has 156 valence electrons. The Bertz CT molecular complexity index is 1240. The summed E-state index contributed by atoms with van der Waals surface area (Å²) in [7, 11) is 1.62. The smallest absolute Gasteiger partial charge is 0.255 e. The van der Waals surface area contributed by atoms with Crippen LogP contribution in [0.5, 0.6) is 5.75 Å². The first-order chi connectivity index (χ1) is 15.0. The number of pyridine rings is 2. The molecule has 0 saturated heterocycles. The number of carbonyl (C=O) groups is 1. The lowest BCUT2D eigenvalue weighted by molar-refractivity contribution is 0.0951. The van der Waals surface area contributed by atoms with E-state index in [9.17, 15) is 4.79 Å². The Balaban J connectivity index is 1.67. The molecule has 0 unspecified atom stereocenters. The summed E-state index contributed by atoms with van der Waals surface area (Å²) in [6.07, 6.45) is 1.55. The van der Waals surface area contributed by atoms with Crippen molar-refractivity contribution in [1.82, 2.24) is 15.3 Å². The number of ether oxygens (including phenoxy) is 1. The van der Waals surface area contributed by atoms with Crippen LogP contribution in [-0.4, -0.2) is 23.0 Å². The van der Waals surface area contributed by atoms with Crippen LogP contribution in [0.4, 0.5) is 11.4 Å². The van der Waals surface area contributed by atoms with Gasteiger partial charge in [0.25, 0.3) is 5.91 Å². The Hall–Kier alpha value is -3.64. The van der Waals surface area contributed by atoms with Gasteiger partial charge in [-0.1, -0.05) is 35.9 Å². The van der Waals surface area contributed by atoms with E-state index in [1.165, 1.54) is 0 Å². The number of anilines is 2. The third-order valence-electron chi connectivity index (χ3n) is 4.82. The molecular formula is C24H21ClN4O2. The lowest BCUT2D eigenvalue weighted by Crippen LogP contribution is -2.24. The van der Waals surface area contributed by atoms with Gasteiger partial charge in [-0.05, 0) is 54.4 Å². The molecule has 31 heavy (non-hydrogen) atoms. The minimum Gasteiger partial charge on any atom is -0.497 e. The highest BCUT2D eigenvalue weighted by molar-refractivity contribution is 6.30. The number of benzene rings is 2. The van der Waals surface area contributed by atoms with Gasteiger partial charge in [-0.2, -0.15) is 0 Å². The zero-order valence-electron chi connectivity index (χ0n) is 17.1. The molecule has 2 aromatic carbocycles. The van der Waals surface area contributed by atoms with Crippen LogP contribution in [-0.2, 0) is 6.54 Å². The number of aryl methyl sites for hydroxylation is 1. The Morgan fingerprint density at radius 3 is 2.65 bits per heavy atom.